The molecule has 206 valence electrons. The van der Waals surface area contributed by atoms with E-state index >= 15 is 0 Å². The number of carbonyl (C=O) groups excluding carboxylic acids is 1. The molecule has 5 rings (SSSR count). The van der Waals surface area contributed by atoms with E-state index in [0.29, 0.717) is 18.2 Å². The summed E-state index contributed by atoms with van der Waals surface area (Å²) in [6.07, 6.45) is 3.89. The monoisotopic (exact) mass is 556 g/mol. The van der Waals surface area contributed by atoms with Gasteiger partial charge in [-0.1, -0.05) is 66.2 Å². The number of amides is 1. The molecular weight excluding hydrogens is 524 g/mol. The van der Waals surface area contributed by atoms with Crippen LogP contribution in [0.2, 0.25) is 5.02 Å². The van der Waals surface area contributed by atoms with Gasteiger partial charge in [0.25, 0.3) is 5.91 Å². The molecule has 1 aliphatic heterocycles. The van der Waals surface area contributed by atoms with E-state index in [0.717, 1.165) is 61.1 Å². The topological polar surface area (TPSA) is 86.2 Å². The van der Waals surface area contributed by atoms with Crippen molar-refractivity contribution in [2.75, 3.05) is 26.2 Å². The Bertz CT molecular complexity index is 1470. The number of ether oxygens (including phenoxy) is 1. The number of fused-ring (bicyclic) bond motifs is 1. The number of aromatic hydroxyl groups is 1. The number of likely N-dealkylation sites (tertiary alicyclic amines) is 1. The highest BCUT2D eigenvalue weighted by atomic mass is 35.5. The average molecular weight is 557 g/mol. The zero-order valence-corrected chi connectivity index (χ0v) is 23.0. The molecule has 3 N–H and O–H groups in total. The quantitative estimate of drug-likeness (QED) is 0.135. The Morgan fingerprint density at radius 3 is 2.52 bits per heavy atom. The summed E-state index contributed by atoms with van der Waals surface area (Å²) in [7, 11) is 0. The summed E-state index contributed by atoms with van der Waals surface area (Å²) in [6.45, 7) is 4.58. The first kappa shape index (κ1) is 27.6. The van der Waals surface area contributed by atoms with Crippen molar-refractivity contribution >= 4 is 34.5 Å². The molecule has 4 aromatic carbocycles. The number of hydrazone groups is 1. The van der Waals surface area contributed by atoms with Crippen molar-refractivity contribution in [2.24, 2.45) is 5.10 Å². The van der Waals surface area contributed by atoms with Gasteiger partial charge in [0.1, 0.15) is 18.1 Å². The Morgan fingerprint density at radius 2 is 1.75 bits per heavy atom. The van der Waals surface area contributed by atoms with E-state index in [1.807, 2.05) is 36.4 Å². The molecule has 0 aliphatic carbocycles. The van der Waals surface area contributed by atoms with Crippen LogP contribution in [0.5, 0.6) is 11.5 Å². The summed E-state index contributed by atoms with van der Waals surface area (Å²) in [6, 6.07) is 27.3. The molecule has 0 radical (unpaired) electrons. The van der Waals surface area contributed by atoms with Crippen molar-refractivity contribution in [2.45, 2.75) is 25.4 Å². The number of nitrogens with one attached hydrogen (secondary N) is 2. The van der Waals surface area contributed by atoms with Gasteiger partial charge in [-0.25, -0.2) is 5.43 Å². The second-order valence-electron chi connectivity index (χ2n) is 9.90. The number of rotatable bonds is 10. The van der Waals surface area contributed by atoms with Crippen LogP contribution in [0, 0.1) is 0 Å². The lowest BCUT2D eigenvalue weighted by atomic mass is 10.0. The number of carbonyl (C=O) groups is 1. The van der Waals surface area contributed by atoms with E-state index in [2.05, 4.69) is 51.1 Å². The third-order valence-corrected chi connectivity index (χ3v) is 7.43. The van der Waals surface area contributed by atoms with Crippen LogP contribution in [0.3, 0.4) is 0 Å². The van der Waals surface area contributed by atoms with Crippen LogP contribution in [-0.4, -0.2) is 54.4 Å². The SMILES string of the molecule is O=C(N/N=C/c1ccc(OCCNC2CCN(Cc3ccccc3)CC2)c2ccccc12)c1ccc(O)c(Cl)c1. The van der Waals surface area contributed by atoms with Crippen molar-refractivity contribution in [3.8, 4) is 11.5 Å². The number of hydrogen-bond acceptors (Lipinski definition) is 6. The number of benzene rings is 4. The van der Waals surface area contributed by atoms with E-state index in [9.17, 15) is 9.90 Å². The molecule has 0 unspecified atom stereocenters. The molecule has 0 saturated carbocycles. The first-order valence-electron chi connectivity index (χ1n) is 13.5. The maximum atomic E-state index is 12.4. The van der Waals surface area contributed by atoms with Gasteiger partial charge in [0, 0.05) is 35.6 Å². The first-order chi connectivity index (χ1) is 19.6. The predicted octanol–water partition coefficient (Wildman–Crippen LogP) is 5.60. The summed E-state index contributed by atoms with van der Waals surface area (Å²) in [5.41, 5.74) is 5.04. The Balaban J connectivity index is 1.11. The highest BCUT2D eigenvalue weighted by molar-refractivity contribution is 6.32. The minimum Gasteiger partial charge on any atom is -0.506 e. The van der Waals surface area contributed by atoms with Crippen molar-refractivity contribution < 1.29 is 14.6 Å². The highest BCUT2D eigenvalue weighted by Gasteiger charge is 2.18. The van der Waals surface area contributed by atoms with Crippen molar-refractivity contribution in [1.29, 1.82) is 0 Å². The van der Waals surface area contributed by atoms with Gasteiger partial charge in [-0.15, -0.1) is 0 Å². The number of piperidine rings is 1. The van der Waals surface area contributed by atoms with Crippen LogP contribution in [0.4, 0.5) is 0 Å². The Morgan fingerprint density at radius 1 is 1.00 bits per heavy atom. The molecule has 0 spiro atoms. The van der Waals surface area contributed by atoms with Gasteiger partial charge in [-0.3, -0.25) is 9.69 Å². The van der Waals surface area contributed by atoms with Crippen LogP contribution in [0.25, 0.3) is 10.8 Å². The van der Waals surface area contributed by atoms with Crippen LogP contribution in [0.15, 0.2) is 90.0 Å². The molecule has 40 heavy (non-hydrogen) atoms. The molecular formula is C32H33ClN4O3. The maximum Gasteiger partial charge on any atom is 0.271 e. The molecule has 4 aromatic rings. The Kier molecular flexibility index (Phi) is 9.29. The standard InChI is InChI=1S/C32H33ClN4O3/c33-29-20-24(10-12-30(29)38)32(39)36-35-21-25-11-13-31(28-9-5-4-8-27(25)28)40-19-16-34-26-14-17-37(18-15-26)22-23-6-2-1-3-7-23/h1-13,20-21,26,34,38H,14-19,22H2,(H,36,39)/b35-21+. The second-order valence-corrected chi connectivity index (χ2v) is 10.3. The summed E-state index contributed by atoms with van der Waals surface area (Å²) < 4.78 is 6.17. The minimum absolute atomic E-state index is 0.0777. The van der Waals surface area contributed by atoms with Crippen molar-refractivity contribution in [1.82, 2.24) is 15.6 Å². The van der Waals surface area contributed by atoms with E-state index in [1.165, 1.54) is 23.8 Å². The molecule has 1 fully saturated rings. The molecule has 1 aliphatic rings. The highest BCUT2D eigenvalue weighted by Crippen LogP contribution is 2.28. The van der Waals surface area contributed by atoms with Crippen LogP contribution in [0.1, 0.15) is 34.3 Å². The van der Waals surface area contributed by atoms with Gasteiger partial charge >= 0.3 is 0 Å². The molecule has 0 aromatic heterocycles. The van der Waals surface area contributed by atoms with E-state index in [4.69, 9.17) is 16.3 Å². The predicted molar refractivity (Wildman–Crippen MR) is 160 cm³/mol. The molecule has 1 amide bonds. The van der Waals surface area contributed by atoms with Gasteiger partial charge in [-0.05, 0) is 67.2 Å². The molecule has 0 atom stereocenters. The summed E-state index contributed by atoms with van der Waals surface area (Å²) in [5, 5.41) is 19.4. The third-order valence-electron chi connectivity index (χ3n) is 7.13. The number of nitrogens with zero attached hydrogens (tertiary/aromatic N) is 2. The zero-order chi connectivity index (χ0) is 27.7. The smallest absolute Gasteiger partial charge is 0.271 e. The van der Waals surface area contributed by atoms with E-state index in [-0.39, 0.29) is 10.8 Å². The normalized spacial score (nSPS) is 14.5. The van der Waals surface area contributed by atoms with Crippen LogP contribution in [-0.2, 0) is 6.54 Å². The average Bonchev–Trinajstić information content (AvgIpc) is 2.98. The van der Waals surface area contributed by atoms with Gasteiger partial charge in [0.15, 0.2) is 0 Å². The Hall–Kier alpha value is -3.91. The fourth-order valence-corrected chi connectivity index (χ4v) is 5.15. The number of hydrogen-bond donors (Lipinski definition) is 3. The molecule has 8 heteroatoms. The fraction of sp³-hybridized carbons (Fsp3) is 0.250. The van der Waals surface area contributed by atoms with Crippen molar-refractivity contribution in [3.63, 3.8) is 0 Å². The minimum atomic E-state index is -0.420. The molecule has 7 nitrogen and oxygen atoms in total. The second kappa shape index (κ2) is 13.4. The van der Waals surface area contributed by atoms with Crippen LogP contribution < -0.4 is 15.5 Å². The lowest BCUT2D eigenvalue weighted by Crippen LogP contribution is -2.43. The lowest BCUT2D eigenvalue weighted by Gasteiger charge is -2.32. The first-order valence-corrected chi connectivity index (χ1v) is 13.9. The van der Waals surface area contributed by atoms with Gasteiger partial charge in [0.05, 0.1) is 11.2 Å². The van der Waals surface area contributed by atoms with Crippen LogP contribution >= 0.6 is 11.6 Å². The zero-order valence-electron chi connectivity index (χ0n) is 22.2. The third kappa shape index (κ3) is 7.18. The summed E-state index contributed by atoms with van der Waals surface area (Å²) in [4.78, 5) is 14.9. The van der Waals surface area contributed by atoms with Gasteiger partial charge in [-0.2, -0.15) is 5.10 Å². The fourth-order valence-electron chi connectivity index (χ4n) is 4.97. The number of phenols is 1. The number of halogens is 1. The number of phenolic OH excluding ortho intramolecular Hbond substituents is 1. The summed E-state index contributed by atoms with van der Waals surface area (Å²) in [5.74, 6) is 0.318. The maximum absolute atomic E-state index is 12.4. The molecule has 1 saturated heterocycles. The Labute approximate surface area is 239 Å². The van der Waals surface area contributed by atoms with Gasteiger partial charge < -0.3 is 15.2 Å². The van der Waals surface area contributed by atoms with Crippen molar-refractivity contribution in [3.05, 3.63) is 107 Å². The lowest BCUT2D eigenvalue weighted by molar-refractivity contribution is 0.0955. The molecule has 0 bridgehead atoms. The van der Waals surface area contributed by atoms with Gasteiger partial charge in [0.2, 0.25) is 0 Å². The van der Waals surface area contributed by atoms with E-state index < -0.39 is 5.91 Å². The van der Waals surface area contributed by atoms with E-state index in [1.54, 1.807) is 6.21 Å². The summed E-state index contributed by atoms with van der Waals surface area (Å²) >= 11 is 5.90. The molecule has 1 heterocycles. The largest absolute Gasteiger partial charge is 0.506 e.